The Hall–Kier alpha value is -1.12. The molecule has 0 fully saturated rings. The van der Waals surface area contributed by atoms with Gasteiger partial charge >= 0.3 is 0 Å². The Morgan fingerprint density at radius 3 is 2.24 bits per heavy atom. The Labute approximate surface area is 111 Å². The van der Waals surface area contributed by atoms with Gasteiger partial charge in [0.25, 0.3) is 0 Å². The Kier molecular flexibility index (Phi) is 3.36. The summed E-state index contributed by atoms with van der Waals surface area (Å²) in [6.07, 6.45) is 0. The molecule has 0 aliphatic heterocycles. The fourth-order valence-electron chi connectivity index (χ4n) is 1.88. The topological polar surface area (TPSA) is 26.0 Å². The fourth-order valence-corrected chi connectivity index (χ4v) is 2.28. The summed E-state index contributed by atoms with van der Waals surface area (Å²) in [6, 6.07) is 16.5. The maximum Gasteiger partial charge on any atom is 0.0637 e. The number of hydrogen-bond donors (Lipinski definition) is 1. The third-order valence-electron chi connectivity index (χ3n) is 3.08. The normalized spacial score (nSPS) is 14.4. The highest BCUT2D eigenvalue weighted by atomic mass is 79.9. The van der Waals surface area contributed by atoms with E-state index in [-0.39, 0.29) is 0 Å². The smallest absolute Gasteiger partial charge is 0.0637 e. The van der Waals surface area contributed by atoms with Crippen LogP contribution in [0, 0.1) is 6.92 Å². The molecule has 88 valence electrons. The molecule has 1 nitrogen and oxygen atoms in total. The van der Waals surface area contributed by atoms with Crippen LogP contribution in [0.25, 0.3) is 0 Å². The first-order valence-corrected chi connectivity index (χ1v) is 6.41. The molecule has 1 atom stereocenters. The summed E-state index contributed by atoms with van der Waals surface area (Å²) in [5, 5.41) is 0. The van der Waals surface area contributed by atoms with Gasteiger partial charge in [-0.25, -0.2) is 0 Å². The second-order valence-corrected chi connectivity index (χ2v) is 5.49. The van der Waals surface area contributed by atoms with Gasteiger partial charge in [-0.1, -0.05) is 57.9 Å². The Morgan fingerprint density at radius 1 is 1.00 bits per heavy atom. The lowest BCUT2D eigenvalue weighted by Crippen LogP contribution is -2.34. The predicted molar refractivity (Wildman–Crippen MR) is 76.0 cm³/mol. The van der Waals surface area contributed by atoms with Gasteiger partial charge in [0.1, 0.15) is 0 Å². The quantitative estimate of drug-likeness (QED) is 0.889. The Morgan fingerprint density at radius 2 is 1.65 bits per heavy atom. The number of rotatable bonds is 2. The van der Waals surface area contributed by atoms with Crippen molar-refractivity contribution in [3.63, 3.8) is 0 Å². The van der Waals surface area contributed by atoms with Crippen LogP contribution in [-0.4, -0.2) is 0 Å². The van der Waals surface area contributed by atoms with E-state index in [1.165, 1.54) is 5.56 Å². The molecule has 0 aliphatic carbocycles. The molecule has 1 unspecified atom stereocenters. The monoisotopic (exact) mass is 289 g/mol. The van der Waals surface area contributed by atoms with Crippen molar-refractivity contribution in [3.8, 4) is 0 Å². The largest absolute Gasteiger partial charge is 0.318 e. The molecule has 0 aromatic heterocycles. The zero-order valence-corrected chi connectivity index (χ0v) is 11.7. The summed E-state index contributed by atoms with van der Waals surface area (Å²) < 4.78 is 1.05. The number of halogens is 1. The van der Waals surface area contributed by atoms with Crippen LogP contribution in [0.3, 0.4) is 0 Å². The predicted octanol–water partition coefficient (Wildman–Crippen LogP) is 3.98. The van der Waals surface area contributed by atoms with Crippen molar-refractivity contribution in [1.82, 2.24) is 0 Å². The van der Waals surface area contributed by atoms with Gasteiger partial charge in [-0.3, -0.25) is 0 Å². The molecule has 0 spiro atoms. The maximum absolute atomic E-state index is 6.46. The van der Waals surface area contributed by atoms with Crippen molar-refractivity contribution in [3.05, 3.63) is 69.7 Å². The molecule has 0 bridgehead atoms. The average molecular weight is 290 g/mol. The first-order valence-electron chi connectivity index (χ1n) is 5.62. The van der Waals surface area contributed by atoms with E-state index in [9.17, 15) is 0 Å². The molecular weight excluding hydrogens is 274 g/mol. The summed E-state index contributed by atoms with van der Waals surface area (Å²) in [7, 11) is 0. The van der Waals surface area contributed by atoms with E-state index in [1.54, 1.807) is 0 Å². The summed E-state index contributed by atoms with van der Waals surface area (Å²) >= 11 is 3.48. The van der Waals surface area contributed by atoms with Crippen LogP contribution in [0.15, 0.2) is 53.0 Å². The van der Waals surface area contributed by atoms with Crippen LogP contribution in [0.2, 0.25) is 0 Å². The summed E-state index contributed by atoms with van der Waals surface area (Å²) in [5.74, 6) is 0. The summed E-state index contributed by atoms with van der Waals surface area (Å²) in [4.78, 5) is 0. The molecule has 0 heterocycles. The number of benzene rings is 2. The SMILES string of the molecule is Cc1ccc(C(C)(N)c2cccc(Br)c2)cc1. The van der Waals surface area contributed by atoms with Gasteiger partial charge in [0.15, 0.2) is 0 Å². The van der Waals surface area contributed by atoms with E-state index in [0.717, 1.165) is 15.6 Å². The minimum atomic E-state index is -0.461. The lowest BCUT2D eigenvalue weighted by Gasteiger charge is -2.26. The van der Waals surface area contributed by atoms with Crippen LogP contribution in [-0.2, 0) is 5.54 Å². The molecular formula is C15H16BrN. The minimum Gasteiger partial charge on any atom is -0.318 e. The Bertz CT molecular complexity index is 515. The highest BCUT2D eigenvalue weighted by Gasteiger charge is 2.23. The van der Waals surface area contributed by atoms with E-state index in [1.807, 2.05) is 19.1 Å². The van der Waals surface area contributed by atoms with E-state index in [0.29, 0.717) is 0 Å². The number of hydrogen-bond acceptors (Lipinski definition) is 1. The molecule has 0 aliphatic rings. The van der Waals surface area contributed by atoms with E-state index in [4.69, 9.17) is 5.73 Å². The second-order valence-electron chi connectivity index (χ2n) is 4.58. The summed E-state index contributed by atoms with van der Waals surface area (Å²) in [5.41, 5.74) is 9.48. The van der Waals surface area contributed by atoms with Crippen molar-refractivity contribution >= 4 is 15.9 Å². The van der Waals surface area contributed by atoms with Crippen LogP contribution >= 0.6 is 15.9 Å². The van der Waals surface area contributed by atoms with Crippen LogP contribution in [0.1, 0.15) is 23.6 Å². The van der Waals surface area contributed by atoms with Gasteiger partial charge in [-0.05, 0) is 37.1 Å². The first kappa shape index (κ1) is 12.3. The zero-order chi connectivity index (χ0) is 12.5. The first-order chi connectivity index (χ1) is 8.00. The van der Waals surface area contributed by atoms with Gasteiger partial charge < -0.3 is 5.73 Å². The van der Waals surface area contributed by atoms with E-state index in [2.05, 4.69) is 59.3 Å². The van der Waals surface area contributed by atoms with Gasteiger partial charge in [0, 0.05) is 4.47 Å². The average Bonchev–Trinajstić information content (AvgIpc) is 2.29. The molecule has 0 saturated carbocycles. The maximum atomic E-state index is 6.46. The molecule has 0 radical (unpaired) electrons. The van der Waals surface area contributed by atoms with Crippen LogP contribution in [0.4, 0.5) is 0 Å². The number of nitrogens with two attached hydrogens (primary N) is 1. The highest BCUT2D eigenvalue weighted by Crippen LogP contribution is 2.28. The van der Waals surface area contributed by atoms with Crippen LogP contribution in [0.5, 0.6) is 0 Å². The van der Waals surface area contributed by atoms with Gasteiger partial charge in [-0.2, -0.15) is 0 Å². The van der Waals surface area contributed by atoms with Crippen LogP contribution < -0.4 is 5.73 Å². The van der Waals surface area contributed by atoms with E-state index < -0.39 is 5.54 Å². The van der Waals surface area contributed by atoms with Gasteiger partial charge in [0.05, 0.1) is 5.54 Å². The lowest BCUT2D eigenvalue weighted by molar-refractivity contribution is 0.602. The molecule has 2 rings (SSSR count). The molecule has 17 heavy (non-hydrogen) atoms. The molecule has 0 amide bonds. The van der Waals surface area contributed by atoms with Crippen molar-refractivity contribution in [2.45, 2.75) is 19.4 Å². The standard InChI is InChI=1S/C15H16BrN/c1-11-6-8-12(9-7-11)15(2,17)13-4-3-5-14(16)10-13/h3-10H,17H2,1-2H3. The van der Waals surface area contributed by atoms with Crippen molar-refractivity contribution in [2.24, 2.45) is 5.73 Å². The Balaban J connectivity index is 2.45. The zero-order valence-electron chi connectivity index (χ0n) is 10.1. The highest BCUT2D eigenvalue weighted by molar-refractivity contribution is 9.10. The summed E-state index contributed by atoms with van der Waals surface area (Å²) in [6.45, 7) is 4.12. The van der Waals surface area contributed by atoms with Crippen molar-refractivity contribution in [2.75, 3.05) is 0 Å². The molecule has 2 heteroatoms. The second kappa shape index (κ2) is 4.63. The van der Waals surface area contributed by atoms with Crippen molar-refractivity contribution in [1.29, 1.82) is 0 Å². The third-order valence-corrected chi connectivity index (χ3v) is 3.57. The van der Waals surface area contributed by atoms with Crippen molar-refractivity contribution < 1.29 is 0 Å². The fraction of sp³-hybridized carbons (Fsp3) is 0.200. The lowest BCUT2D eigenvalue weighted by atomic mass is 9.85. The van der Waals surface area contributed by atoms with Gasteiger partial charge in [0.2, 0.25) is 0 Å². The molecule has 0 saturated heterocycles. The molecule has 2 aromatic rings. The number of aryl methyl sites for hydroxylation is 1. The van der Waals surface area contributed by atoms with Gasteiger partial charge in [-0.15, -0.1) is 0 Å². The van der Waals surface area contributed by atoms with E-state index >= 15 is 0 Å². The molecule has 2 aromatic carbocycles. The molecule has 2 N–H and O–H groups in total. The minimum absolute atomic E-state index is 0.461. The third kappa shape index (κ3) is 2.59.